The molecule has 0 bridgehead atoms. The number of rotatable bonds is 5. The first-order valence-electron chi connectivity index (χ1n) is 5.72. The summed E-state index contributed by atoms with van der Waals surface area (Å²) in [6.07, 6.45) is 2.00. The zero-order valence-corrected chi connectivity index (χ0v) is 10.6. The van der Waals surface area contributed by atoms with Gasteiger partial charge in [-0.1, -0.05) is 6.07 Å². The molecule has 1 saturated carbocycles. The molecular formula is C12H16FNO2S. The molecule has 1 aliphatic carbocycles. The van der Waals surface area contributed by atoms with Crippen molar-refractivity contribution in [3.8, 4) is 0 Å². The second-order valence-corrected chi connectivity index (χ2v) is 6.56. The van der Waals surface area contributed by atoms with Crippen LogP contribution in [0.25, 0.3) is 0 Å². The quantitative estimate of drug-likeness (QED) is 0.870. The van der Waals surface area contributed by atoms with Gasteiger partial charge in [-0.25, -0.2) is 12.8 Å². The smallest absolute Gasteiger partial charge is 0.184 e. The van der Waals surface area contributed by atoms with Crippen molar-refractivity contribution in [2.24, 2.45) is 0 Å². The van der Waals surface area contributed by atoms with Gasteiger partial charge in [-0.05, 0) is 50.6 Å². The van der Waals surface area contributed by atoms with Crippen molar-refractivity contribution in [1.82, 2.24) is 5.32 Å². The van der Waals surface area contributed by atoms with Crippen LogP contribution in [0.15, 0.2) is 23.1 Å². The maximum absolute atomic E-state index is 13.8. The van der Waals surface area contributed by atoms with E-state index in [9.17, 15) is 12.8 Å². The van der Waals surface area contributed by atoms with Crippen molar-refractivity contribution < 1.29 is 12.8 Å². The van der Waals surface area contributed by atoms with Crippen LogP contribution >= 0.6 is 0 Å². The molecule has 0 aromatic heterocycles. The number of halogens is 1. The van der Waals surface area contributed by atoms with Crippen LogP contribution in [0.1, 0.15) is 18.4 Å². The van der Waals surface area contributed by atoms with Gasteiger partial charge in [-0.15, -0.1) is 0 Å². The monoisotopic (exact) mass is 257 g/mol. The van der Waals surface area contributed by atoms with Crippen LogP contribution in [0.4, 0.5) is 4.39 Å². The molecule has 3 nitrogen and oxygen atoms in total. The van der Waals surface area contributed by atoms with E-state index >= 15 is 0 Å². The van der Waals surface area contributed by atoms with Crippen LogP contribution in [0, 0.1) is 5.82 Å². The van der Waals surface area contributed by atoms with Crippen LogP contribution in [0.5, 0.6) is 0 Å². The Labute approximate surface area is 101 Å². The van der Waals surface area contributed by atoms with Gasteiger partial charge < -0.3 is 5.32 Å². The zero-order chi connectivity index (χ0) is 12.5. The molecule has 17 heavy (non-hydrogen) atoms. The standard InChI is InChI=1S/C12H16FNO2S/c1-14-7-6-9-2-5-12(11(13)8-9)17(15,16)10-3-4-10/h2,5,8,10,14H,3-4,6-7H2,1H3. The van der Waals surface area contributed by atoms with E-state index in [0.29, 0.717) is 19.3 Å². The summed E-state index contributed by atoms with van der Waals surface area (Å²) in [6, 6.07) is 4.41. The average molecular weight is 257 g/mol. The van der Waals surface area contributed by atoms with Crippen molar-refractivity contribution in [3.05, 3.63) is 29.6 Å². The lowest BCUT2D eigenvalue weighted by molar-refractivity contribution is 0.564. The lowest BCUT2D eigenvalue weighted by atomic mass is 10.1. The normalized spacial score (nSPS) is 16.1. The lowest BCUT2D eigenvalue weighted by Gasteiger charge is -2.06. The Hall–Kier alpha value is -0.940. The molecule has 1 fully saturated rings. The highest BCUT2D eigenvalue weighted by Crippen LogP contribution is 2.34. The highest BCUT2D eigenvalue weighted by molar-refractivity contribution is 7.92. The molecule has 0 amide bonds. The first-order chi connectivity index (χ1) is 8.05. The third kappa shape index (κ3) is 2.66. The Morgan fingerprint density at radius 3 is 2.65 bits per heavy atom. The number of nitrogens with one attached hydrogen (secondary N) is 1. The molecule has 5 heteroatoms. The summed E-state index contributed by atoms with van der Waals surface area (Å²) < 4.78 is 37.5. The summed E-state index contributed by atoms with van der Waals surface area (Å²) in [6.45, 7) is 0.744. The summed E-state index contributed by atoms with van der Waals surface area (Å²) in [5, 5.41) is 2.61. The lowest BCUT2D eigenvalue weighted by Crippen LogP contribution is -2.12. The SMILES string of the molecule is CNCCc1ccc(S(=O)(=O)C2CC2)c(F)c1. The van der Waals surface area contributed by atoms with Crippen molar-refractivity contribution in [1.29, 1.82) is 0 Å². The van der Waals surface area contributed by atoms with Crippen molar-refractivity contribution in [2.45, 2.75) is 29.4 Å². The molecule has 0 atom stereocenters. The number of hydrogen-bond donors (Lipinski definition) is 1. The third-order valence-electron chi connectivity index (χ3n) is 2.93. The van der Waals surface area contributed by atoms with Crippen LogP contribution in [-0.2, 0) is 16.3 Å². The van der Waals surface area contributed by atoms with E-state index in [1.165, 1.54) is 12.1 Å². The fourth-order valence-corrected chi connectivity index (χ4v) is 3.46. The van der Waals surface area contributed by atoms with Gasteiger partial charge in [-0.3, -0.25) is 0 Å². The number of hydrogen-bond acceptors (Lipinski definition) is 3. The molecule has 0 aliphatic heterocycles. The molecule has 2 rings (SSSR count). The molecule has 1 aromatic carbocycles. The largest absolute Gasteiger partial charge is 0.319 e. The van der Waals surface area contributed by atoms with Gasteiger partial charge in [0.15, 0.2) is 9.84 Å². The maximum atomic E-state index is 13.8. The molecule has 1 aliphatic rings. The molecule has 0 radical (unpaired) electrons. The Morgan fingerprint density at radius 2 is 2.12 bits per heavy atom. The minimum absolute atomic E-state index is 0.145. The highest BCUT2D eigenvalue weighted by Gasteiger charge is 2.38. The van der Waals surface area contributed by atoms with Crippen LogP contribution in [0.2, 0.25) is 0 Å². The molecule has 0 unspecified atom stereocenters. The van der Waals surface area contributed by atoms with Gasteiger partial charge in [0.05, 0.1) is 5.25 Å². The first-order valence-corrected chi connectivity index (χ1v) is 7.27. The highest BCUT2D eigenvalue weighted by atomic mass is 32.2. The Bertz CT molecular complexity index is 509. The Balaban J connectivity index is 2.25. The summed E-state index contributed by atoms with van der Waals surface area (Å²) in [5.41, 5.74) is 0.812. The van der Waals surface area contributed by atoms with Gasteiger partial charge in [0.2, 0.25) is 0 Å². The molecule has 1 N–H and O–H groups in total. The molecule has 94 valence electrons. The predicted molar refractivity (Wildman–Crippen MR) is 64.2 cm³/mol. The summed E-state index contributed by atoms with van der Waals surface area (Å²) >= 11 is 0. The molecular weight excluding hydrogens is 241 g/mol. The van der Waals surface area contributed by atoms with E-state index in [-0.39, 0.29) is 10.1 Å². The second-order valence-electron chi connectivity index (χ2n) is 4.36. The van der Waals surface area contributed by atoms with Crippen LogP contribution in [0.3, 0.4) is 0 Å². The van der Waals surface area contributed by atoms with Crippen molar-refractivity contribution in [3.63, 3.8) is 0 Å². The summed E-state index contributed by atoms with van der Waals surface area (Å²) in [4.78, 5) is -0.145. The van der Waals surface area contributed by atoms with E-state index in [1.54, 1.807) is 6.07 Å². The first kappa shape index (κ1) is 12.5. The third-order valence-corrected chi connectivity index (χ3v) is 5.22. The minimum Gasteiger partial charge on any atom is -0.319 e. The van der Waals surface area contributed by atoms with Crippen LogP contribution < -0.4 is 5.32 Å². The summed E-state index contributed by atoms with van der Waals surface area (Å²) in [7, 11) is -1.60. The Kier molecular flexibility index (Phi) is 3.49. The number of likely N-dealkylation sites (N-methyl/N-ethyl adjacent to an activating group) is 1. The minimum atomic E-state index is -3.42. The van der Waals surface area contributed by atoms with E-state index in [2.05, 4.69) is 5.32 Å². The van der Waals surface area contributed by atoms with Crippen LogP contribution in [-0.4, -0.2) is 27.3 Å². The van der Waals surface area contributed by atoms with E-state index < -0.39 is 15.7 Å². The van der Waals surface area contributed by atoms with Gasteiger partial charge in [0.25, 0.3) is 0 Å². The maximum Gasteiger partial charge on any atom is 0.184 e. The fraction of sp³-hybridized carbons (Fsp3) is 0.500. The number of benzene rings is 1. The van der Waals surface area contributed by atoms with Crippen molar-refractivity contribution >= 4 is 9.84 Å². The molecule has 0 heterocycles. The van der Waals surface area contributed by atoms with E-state index in [1.807, 2.05) is 7.05 Å². The van der Waals surface area contributed by atoms with Gasteiger partial charge in [0.1, 0.15) is 10.7 Å². The topological polar surface area (TPSA) is 46.2 Å². The zero-order valence-electron chi connectivity index (χ0n) is 9.74. The molecule has 0 saturated heterocycles. The van der Waals surface area contributed by atoms with Crippen molar-refractivity contribution in [2.75, 3.05) is 13.6 Å². The molecule has 1 aromatic rings. The summed E-state index contributed by atoms with van der Waals surface area (Å²) in [5.74, 6) is -0.620. The van der Waals surface area contributed by atoms with Gasteiger partial charge in [-0.2, -0.15) is 0 Å². The fourth-order valence-electron chi connectivity index (χ4n) is 1.76. The van der Waals surface area contributed by atoms with E-state index in [4.69, 9.17) is 0 Å². The van der Waals surface area contributed by atoms with Gasteiger partial charge in [0, 0.05) is 0 Å². The molecule has 0 spiro atoms. The average Bonchev–Trinajstić information content (AvgIpc) is 3.10. The second kappa shape index (κ2) is 4.74. The number of sulfone groups is 1. The Morgan fingerprint density at radius 1 is 1.41 bits per heavy atom. The van der Waals surface area contributed by atoms with Gasteiger partial charge >= 0.3 is 0 Å². The predicted octanol–water partition coefficient (Wildman–Crippen LogP) is 1.52. The van der Waals surface area contributed by atoms with E-state index in [0.717, 1.165) is 12.1 Å².